The van der Waals surface area contributed by atoms with Crippen LogP contribution in [0, 0.1) is 17.3 Å². The Hall–Kier alpha value is 0.177. The predicted molar refractivity (Wildman–Crippen MR) is 102 cm³/mol. The van der Waals surface area contributed by atoms with Gasteiger partial charge in [0, 0.05) is 0 Å². The van der Waals surface area contributed by atoms with E-state index in [4.69, 9.17) is 0 Å². The first-order valence-corrected chi connectivity index (χ1v) is 13.6. The molecule has 0 aromatic carbocycles. The fourth-order valence-corrected chi connectivity index (χ4v) is 10.3. The molecule has 3 unspecified atom stereocenters. The van der Waals surface area contributed by atoms with Gasteiger partial charge < -0.3 is 2.85 Å². The molecular weight excluding hydrogens is 459 g/mol. The van der Waals surface area contributed by atoms with E-state index in [0.717, 1.165) is 11.8 Å². The summed E-state index contributed by atoms with van der Waals surface area (Å²) in [6.45, 7) is 15.2. The number of allylic oxidation sites excluding steroid dienone is 6. The fourth-order valence-electron chi connectivity index (χ4n) is 5.43. The zero-order valence-electron chi connectivity index (χ0n) is 17.7. The molecule has 0 aromatic rings. The predicted octanol–water partition coefficient (Wildman–Crippen LogP) is 6.10. The van der Waals surface area contributed by atoms with Gasteiger partial charge in [-0.3, -0.25) is 0 Å². The van der Waals surface area contributed by atoms with Gasteiger partial charge in [0.15, 0.2) is 0 Å². The first-order valence-electron chi connectivity index (χ1n) is 9.26. The van der Waals surface area contributed by atoms with Crippen LogP contribution in [0.15, 0.2) is 34.9 Å². The zero-order valence-corrected chi connectivity index (χ0v) is 20.3. The molecule has 0 fully saturated rings. The van der Waals surface area contributed by atoms with Gasteiger partial charge in [-0.1, -0.05) is 0 Å². The Morgan fingerprint density at radius 2 is 1.96 bits per heavy atom. The van der Waals surface area contributed by atoms with Gasteiger partial charge in [0.05, 0.1) is 0 Å². The van der Waals surface area contributed by atoms with Crippen molar-refractivity contribution >= 4 is 13.6 Å². The average molecular weight is 492 g/mol. The van der Waals surface area contributed by atoms with Crippen molar-refractivity contribution in [2.75, 3.05) is 0 Å². The summed E-state index contributed by atoms with van der Waals surface area (Å²) < 4.78 is 0.376. The van der Waals surface area contributed by atoms with Crippen LogP contribution < -0.4 is 0 Å². The minimum Gasteiger partial charge on any atom is -1.00 e. The average Bonchev–Trinajstić information content (AvgIpc) is 3.02. The van der Waals surface area contributed by atoms with Crippen LogP contribution in [0.3, 0.4) is 0 Å². The normalized spacial score (nSPS) is 36.2. The van der Waals surface area contributed by atoms with Crippen molar-refractivity contribution in [2.45, 2.75) is 69.6 Å². The summed E-state index contributed by atoms with van der Waals surface area (Å²) in [6.07, 6.45) is 12.5. The van der Waals surface area contributed by atoms with Crippen LogP contribution in [-0.4, -0.2) is 13.6 Å². The molecular formula is C21H33HfSi. The van der Waals surface area contributed by atoms with Gasteiger partial charge in [-0.2, -0.15) is 0 Å². The summed E-state index contributed by atoms with van der Waals surface area (Å²) >= 11 is 1.25. The van der Waals surface area contributed by atoms with Crippen LogP contribution in [0.1, 0.15) is 56.2 Å². The topological polar surface area (TPSA) is 0 Å². The van der Waals surface area contributed by atoms with Crippen molar-refractivity contribution in [3.05, 3.63) is 34.9 Å². The minimum absolute atomic E-state index is 0. The molecule has 0 saturated carbocycles. The molecule has 3 aliphatic rings. The van der Waals surface area contributed by atoms with Gasteiger partial charge in [0.2, 0.25) is 0 Å². The monoisotopic (exact) mass is 493 g/mol. The zero-order chi connectivity index (χ0) is 17.0. The molecule has 0 radical (unpaired) electrons. The number of hydrogen-bond donors (Lipinski definition) is 0. The SMILES string of the molecule is CC1CCCC2=C(C(=[Si](C)C)C(C)(C)[C]2([Hf+2])C2=CC=CC2)C1C.[H-].[H-]. The van der Waals surface area contributed by atoms with E-state index < -0.39 is 8.41 Å². The van der Waals surface area contributed by atoms with Crippen LogP contribution in [-0.2, 0) is 24.4 Å². The molecule has 125 valence electrons. The first kappa shape index (κ1) is 18.0. The van der Waals surface area contributed by atoms with E-state index in [2.05, 4.69) is 59.0 Å². The van der Waals surface area contributed by atoms with E-state index in [1.165, 1.54) is 50.1 Å². The standard InChI is InChI=1S/C21H31Si.Hf.2H/c1-14-10-9-13-17-18(15(14)2)20(22(5)6)21(3,4)19(17)16-11-7-8-12-16;;;/h7-8,11,14-15H,9-10,12-13H2,1-6H3;;;/q;+2;2*-1. The summed E-state index contributed by atoms with van der Waals surface area (Å²) in [7, 11) is -0.425. The molecule has 0 N–H and O–H groups in total. The Balaban J connectivity index is 0.00000156. The van der Waals surface area contributed by atoms with Crippen LogP contribution in [0.2, 0.25) is 16.3 Å². The molecule has 2 heteroatoms. The molecule has 0 nitrogen and oxygen atoms in total. The molecule has 23 heavy (non-hydrogen) atoms. The van der Waals surface area contributed by atoms with E-state index >= 15 is 0 Å². The molecule has 0 aliphatic heterocycles. The van der Waals surface area contributed by atoms with Gasteiger partial charge in [-0.05, 0) is 0 Å². The van der Waals surface area contributed by atoms with Crippen LogP contribution in [0.25, 0.3) is 0 Å². The van der Waals surface area contributed by atoms with Gasteiger partial charge in [0.25, 0.3) is 0 Å². The first-order chi connectivity index (χ1) is 10.7. The third kappa shape index (κ3) is 2.49. The van der Waals surface area contributed by atoms with Gasteiger partial charge in [-0.15, -0.1) is 0 Å². The molecule has 3 atom stereocenters. The second kappa shape index (κ2) is 6.16. The Kier molecular flexibility index (Phi) is 4.82. The Morgan fingerprint density at radius 3 is 2.52 bits per heavy atom. The number of hydrogen-bond acceptors (Lipinski definition) is 0. The van der Waals surface area contributed by atoms with E-state index in [1.54, 1.807) is 5.57 Å². The van der Waals surface area contributed by atoms with E-state index in [-0.39, 0.29) is 2.85 Å². The Bertz CT molecular complexity index is 653. The van der Waals surface area contributed by atoms with Crippen molar-refractivity contribution in [3.8, 4) is 0 Å². The summed E-state index contributed by atoms with van der Waals surface area (Å²) in [6, 6.07) is 0. The molecule has 3 rings (SSSR count). The minimum atomic E-state index is -0.425. The molecule has 0 spiro atoms. The second-order valence-electron chi connectivity index (χ2n) is 8.62. The van der Waals surface area contributed by atoms with Gasteiger partial charge in [-0.25, -0.2) is 0 Å². The maximum absolute atomic E-state index is 2.58. The van der Waals surface area contributed by atoms with E-state index in [0.29, 0.717) is 8.59 Å². The molecule has 0 amide bonds. The second-order valence-corrected chi connectivity index (χ2v) is 13.8. The van der Waals surface area contributed by atoms with Crippen LogP contribution >= 0.6 is 0 Å². The van der Waals surface area contributed by atoms with E-state index in [1.807, 2.05) is 16.3 Å². The molecule has 0 bridgehead atoms. The molecule has 0 aromatic heterocycles. The van der Waals surface area contributed by atoms with Crippen molar-refractivity contribution < 1.29 is 27.2 Å². The molecule has 0 heterocycles. The van der Waals surface area contributed by atoms with Crippen LogP contribution in [0.4, 0.5) is 0 Å². The quantitative estimate of drug-likeness (QED) is 0.388. The van der Waals surface area contributed by atoms with Crippen molar-refractivity contribution in [2.24, 2.45) is 17.3 Å². The largest absolute Gasteiger partial charge is 1.00 e. The van der Waals surface area contributed by atoms with Gasteiger partial charge in [0.1, 0.15) is 0 Å². The maximum atomic E-state index is 2.58. The maximum Gasteiger partial charge on any atom is -1.00 e. The Labute approximate surface area is 162 Å². The van der Waals surface area contributed by atoms with Crippen molar-refractivity contribution in [1.82, 2.24) is 0 Å². The third-order valence-electron chi connectivity index (χ3n) is 6.76. The van der Waals surface area contributed by atoms with Gasteiger partial charge >= 0.3 is 160 Å². The molecule has 3 aliphatic carbocycles. The Morgan fingerprint density at radius 1 is 1.26 bits per heavy atom. The smallest absolute Gasteiger partial charge is 1.00 e. The fraction of sp³-hybridized carbons (Fsp3) is 0.667. The number of rotatable bonds is 1. The van der Waals surface area contributed by atoms with Crippen molar-refractivity contribution in [1.29, 1.82) is 0 Å². The van der Waals surface area contributed by atoms with Crippen LogP contribution in [0.5, 0.6) is 0 Å². The summed E-state index contributed by atoms with van der Waals surface area (Å²) in [4.78, 5) is 0. The van der Waals surface area contributed by atoms with Crippen molar-refractivity contribution in [3.63, 3.8) is 0 Å². The van der Waals surface area contributed by atoms with E-state index in [9.17, 15) is 0 Å². The summed E-state index contributed by atoms with van der Waals surface area (Å²) in [5.41, 5.74) is 5.79. The summed E-state index contributed by atoms with van der Waals surface area (Å²) in [5, 5.41) is 1.89. The molecule has 0 saturated heterocycles. The third-order valence-corrected chi connectivity index (χ3v) is 13.1. The summed E-state index contributed by atoms with van der Waals surface area (Å²) in [5.74, 6) is 1.60.